The van der Waals surface area contributed by atoms with Crippen LogP contribution in [0.25, 0.3) is 0 Å². The number of benzene rings is 1. The molecule has 0 bridgehead atoms. The molecule has 3 nitrogen and oxygen atoms in total. The lowest BCUT2D eigenvalue weighted by molar-refractivity contribution is -0.136. The Morgan fingerprint density at radius 3 is 2.30 bits per heavy atom. The van der Waals surface area contributed by atoms with Gasteiger partial charge in [-0.15, -0.1) is 0 Å². The van der Waals surface area contributed by atoms with Crippen LogP contribution in [0.5, 0.6) is 0 Å². The lowest BCUT2D eigenvalue weighted by Gasteiger charge is -2.42. The largest absolute Gasteiger partial charge is 0.348 e. The minimum absolute atomic E-state index is 0.0141. The van der Waals surface area contributed by atoms with E-state index in [-0.39, 0.29) is 22.8 Å². The van der Waals surface area contributed by atoms with Crippen LogP contribution in [-0.4, -0.2) is 12.5 Å². The van der Waals surface area contributed by atoms with Crippen molar-refractivity contribution in [1.29, 1.82) is 0 Å². The highest BCUT2D eigenvalue weighted by molar-refractivity contribution is 5.84. The van der Waals surface area contributed by atoms with Crippen molar-refractivity contribution in [3.8, 4) is 0 Å². The van der Waals surface area contributed by atoms with Crippen molar-refractivity contribution >= 4 is 5.91 Å². The fraction of sp³-hybridized carbons (Fsp3) is 0.588. The molecule has 1 fully saturated rings. The summed E-state index contributed by atoms with van der Waals surface area (Å²) in [6.07, 6.45) is 2.94. The molecule has 0 spiro atoms. The van der Waals surface area contributed by atoms with Gasteiger partial charge in [-0.1, -0.05) is 57.5 Å². The Kier molecular flexibility index (Phi) is 4.19. The fourth-order valence-electron chi connectivity index (χ4n) is 2.86. The van der Waals surface area contributed by atoms with Crippen molar-refractivity contribution in [3.63, 3.8) is 0 Å². The van der Waals surface area contributed by atoms with Crippen LogP contribution < -0.4 is 11.1 Å². The van der Waals surface area contributed by atoms with Crippen LogP contribution in [0.3, 0.4) is 0 Å². The van der Waals surface area contributed by atoms with Gasteiger partial charge in [0, 0.05) is 6.54 Å². The molecule has 1 aromatic carbocycles. The first-order valence-corrected chi connectivity index (χ1v) is 7.45. The first-order valence-electron chi connectivity index (χ1n) is 7.45. The molecule has 3 heteroatoms. The topological polar surface area (TPSA) is 55.1 Å². The maximum absolute atomic E-state index is 12.6. The molecular formula is C17H26N2O. The molecule has 1 amide bonds. The zero-order chi connectivity index (χ0) is 14.8. The van der Waals surface area contributed by atoms with Crippen LogP contribution in [-0.2, 0) is 4.79 Å². The Labute approximate surface area is 121 Å². The lowest BCUT2D eigenvalue weighted by atomic mass is 9.67. The zero-order valence-corrected chi connectivity index (χ0v) is 12.8. The number of amides is 1. The monoisotopic (exact) mass is 274 g/mol. The van der Waals surface area contributed by atoms with Crippen molar-refractivity contribution in [1.82, 2.24) is 5.32 Å². The Morgan fingerprint density at radius 2 is 1.90 bits per heavy atom. The molecule has 0 heterocycles. The smallest absolute Gasteiger partial charge is 0.227 e. The quantitative estimate of drug-likeness (QED) is 0.886. The highest BCUT2D eigenvalue weighted by atomic mass is 16.2. The van der Waals surface area contributed by atoms with Crippen molar-refractivity contribution in [2.45, 2.75) is 46.1 Å². The van der Waals surface area contributed by atoms with Crippen molar-refractivity contribution in [2.24, 2.45) is 16.6 Å². The zero-order valence-electron chi connectivity index (χ0n) is 12.8. The summed E-state index contributed by atoms with van der Waals surface area (Å²) in [5.74, 6) is 0.120. The van der Waals surface area contributed by atoms with Crippen LogP contribution >= 0.6 is 0 Å². The SMILES string of the molecule is CC(C)(C)C(NC(=O)C1(CN)CCC1)c1ccccc1. The number of carbonyl (C=O) groups excluding carboxylic acids is 1. The van der Waals surface area contributed by atoms with Crippen LogP contribution in [0.15, 0.2) is 30.3 Å². The second-order valence-corrected chi connectivity index (χ2v) is 7.02. The van der Waals surface area contributed by atoms with Gasteiger partial charge in [0.15, 0.2) is 0 Å². The third-order valence-corrected chi connectivity index (χ3v) is 4.46. The second-order valence-electron chi connectivity index (χ2n) is 7.02. The van der Waals surface area contributed by atoms with Crippen LogP contribution in [0.1, 0.15) is 51.6 Å². The second kappa shape index (κ2) is 5.57. The van der Waals surface area contributed by atoms with Gasteiger partial charge in [0.2, 0.25) is 5.91 Å². The number of hydrogen-bond donors (Lipinski definition) is 2. The average Bonchev–Trinajstić information content (AvgIpc) is 2.35. The van der Waals surface area contributed by atoms with Gasteiger partial charge in [-0.3, -0.25) is 4.79 Å². The molecule has 1 aliphatic carbocycles. The molecule has 1 atom stereocenters. The molecule has 110 valence electrons. The first-order chi connectivity index (χ1) is 9.39. The van der Waals surface area contributed by atoms with Crippen molar-refractivity contribution < 1.29 is 4.79 Å². The Bertz CT molecular complexity index is 452. The molecular weight excluding hydrogens is 248 g/mol. The van der Waals surface area contributed by atoms with Crippen LogP contribution in [0.2, 0.25) is 0 Å². The molecule has 1 unspecified atom stereocenters. The van der Waals surface area contributed by atoms with E-state index in [2.05, 4.69) is 38.2 Å². The summed E-state index contributed by atoms with van der Waals surface area (Å²) < 4.78 is 0. The summed E-state index contributed by atoms with van der Waals surface area (Å²) in [5.41, 5.74) is 6.63. The predicted molar refractivity (Wildman–Crippen MR) is 82.1 cm³/mol. The molecule has 1 saturated carbocycles. The van der Waals surface area contributed by atoms with E-state index >= 15 is 0 Å². The van der Waals surface area contributed by atoms with E-state index in [1.165, 1.54) is 0 Å². The molecule has 0 radical (unpaired) electrons. The minimum Gasteiger partial charge on any atom is -0.348 e. The van der Waals surface area contributed by atoms with E-state index in [0.717, 1.165) is 24.8 Å². The van der Waals surface area contributed by atoms with Gasteiger partial charge >= 0.3 is 0 Å². The molecule has 0 aromatic heterocycles. The molecule has 1 aromatic rings. The Balaban J connectivity index is 2.19. The third kappa shape index (κ3) is 2.88. The van der Waals surface area contributed by atoms with Crippen molar-refractivity contribution in [3.05, 3.63) is 35.9 Å². The number of hydrogen-bond acceptors (Lipinski definition) is 2. The maximum atomic E-state index is 12.6. The summed E-state index contributed by atoms with van der Waals surface area (Å²) >= 11 is 0. The molecule has 0 saturated heterocycles. The summed E-state index contributed by atoms with van der Waals surface area (Å²) in [5, 5.41) is 3.25. The van der Waals surface area contributed by atoms with Gasteiger partial charge in [-0.25, -0.2) is 0 Å². The maximum Gasteiger partial charge on any atom is 0.227 e. The first kappa shape index (κ1) is 15.0. The summed E-state index contributed by atoms with van der Waals surface area (Å²) in [6, 6.07) is 10.2. The predicted octanol–water partition coefficient (Wildman–Crippen LogP) is 3.02. The van der Waals surface area contributed by atoms with Gasteiger partial charge in [0.25, 0.3) is 0 Å². The van der Waals surface area contributed by atoms with E-state index < -0.39 is 0 Å². The number of rotatable bonds is 4. The molecule has 0 aliphatic heterocycles. The summed E-state index contributed by atoms with van der Waals surface area (Å²) in [6.45, 7) is 6.91. The van der Waals surface area contributed by atoms with E-state index in [9.17, 15) is 4.79 Å². The number of carbonyl (C=O) groups is 1. The fourth-order valence-corrected chi connectivity index (χ4v) is 2.86. The van der Waals surface area contributed by atoms with Gasteiger partial charge in [-0.05, 0) is 23.8 Å². The van der Waals surface area contributed by atoms with Crippen molar-refractivity contribution in [2.75, 3.05) is 6.54 Å². The third-order valence-electron chi connectivity index (χ3n) is 4.46. The standard InChI is InChI=1S/C17H26N2O/c1-16(2,3)14(13-8-5-4-6-9-13)19-15(20)17(12-18)10-7-11-17/h4-6,8-9,14H,7,10-12,18H2,1-3H3,(H,19,20). The lowest BCUT2D eigenvalue weighted by Crippen LogP contribution is -2.52. The summed E-state index contributed by atoms with van der Waals surface area (Å²) in [4.78, 5) is 12.6. The van der Waals surface area contributed by atoms with E-state index in [0.29, 0.717) is 6.54 Å². The molecule has 1 aliphatic rings. The van der Waals surface area contributed by atoms with Crippen LogP contribution in [0.4, 0.5) is 0 Å². The van der Waals surface area contributed by atoms with E-state index in [1.54, 1.807) is 0 Å². The van der Waals surface area contributed by atoms with Gasteiger partial charge < -0.3 is 11.1 Å². The molecule has 3 N–H and O–H groups in total. The highest BCUT2D eigenvalue weighted by Crippen LogP contribution is 2.42. The van der Waals surface area contributed by atoms with E-state index in [4.69, 9.17) is 5.73 Å². The summed E-state index contributed by atoms with van der Waals surface area (Å²) in [7, 11) is 0. The highest BCUT2D eigenvalue weighted by Gasteiger charge is 2.44. The van der Waals surface area contributed by atoms with Crippen LogP contribution in [0, 0.1) is 10.8 Å². The number of nitrogens with two attached hydrogens (primary N) is 1. The van der Waals surface area contributed by atoms with Gasteiger partial charge in [0.1, 0.15) is 0 Å². The molecule has 2 rings (SSSR count). The normalized spacial score (nSPS) is 19.0. The minimum atomic E-state index is -0.321. The Hall–Kier alpha value is -1.35. The number of nitrogens with one attached hydrogen (secondary N) is 1. The van der Waals surface area contributed by atoms with Gasteiger partial charge in [-0.2, -0.15) is 0 Å². The van der Waals surface area contributed by atoms with E-state index in [1.807, 2.05) is 18.2 Å². The Morgan fingerprint density at radius 1 is 1.30 bits per heavy atom. The average molecular weight is 274 g/mol. The molecule has 20 heavy (non-hydrogen) atoms. The van der Waals surface area contributed by atoms with Gasteiger partial charge in [0.05, 0.1) is 11.5 Å².